The Morgan fingerprint density at radius 2 is 1.86 bits per heavy atom. The van der Waals surface area contributed by atoms with Gasteiger partial charge in [-0.1, -0.05) is 20.1 Å². The maximum atomic E-state index is 14.0. The highest BCUT2D eigenvalue weighted by molar-refractivity contribution is 5.59. The van der Waals surface area contributed by atoms with Crippen molar-refractivity contribution >= 4 is 11.5 Å². The molecule has 2 saturated heterocycles. The predicted octanol–water partition coefficient (Wildman–Crippen LogP) is 7.21. The van der Waals surface area contributed by atoms with E-state index in [2.05, 4.69) is 38.9 Å². The van der Waals surface area contributed by atoms with Gasteiger partial charge < -0.3 is 10.6 Å². The van der Waals surface area contributed by atoms with Gasteiger partial charge in [-0.2, -0.15) is 23.4 Å². The third-order valence-corrected chi connectivity index (χ3v) is 10.8. The van der Waals surface area contributed by atoms with Crippen LogP contribution in [0, 0.1) is 23.7 Å². The van der Waals surface area contributed by atoms with E-state index in [1.807, 2.05) is 24.6 Å². The Morgan fingerprint density at radius 3 is 2.45 bits per heavy atom. The highest BCUT2D eigenvalue weighted by atomic mass is 19.4. The molecule has 4 fully saturated rings. The van der Waals surface area contributed by atoms with Crippen LogP contribution in [0.2, 0.25) is 0 Å². The van der Waals surface area contributed by atoms with Crippen molar-refractivity contribution in [2.75, 3.05) is 19.6 Å². The number of hydrogen-bond donors (Lipinski definition) is 2. The van der Waals surface area contributed by atoms with Gasteiger partial charge in [0.2, 0.25) is 5.92 Å². The zero-order valence-electron chi connectivity index (χ0n) is 28.7. The molecule has 14 heteroatoms. The van der Waals surface area contributed by atoms with Crippen LogP contribution in [0.25, 0.3) is 11.5 Å². The summed E-state index contributed by atoms with van der Waals surface area (Å²) < 4.78 is 71.5. The zero-order valence-corrected chi connectivity index (χ0v) is 28.7. The molecule has 0 radical (unpaired) electrons. The molecule has 5 heterocycles. The fourth-order valence-corrected chi connectivity index (χ4v) is 8.25. The molecule has 2 aliphatic heterocycles. The van der Waals surface area contributed by atoms with Crippen molar-refractivity contribution in [3.05, 3.63) is 60.1 Å². The van der Waals surface area contributed by atoms with E-state index in [-0.39, 0.29) is 43.1 Å². The molecule has 1 spiro atoms. The van der Waals surface area contributed by atoms with Gasteiger partial charge >= 0.3 is 6.18 Å². The van der Waals surface area contributed by atoms with E-state index in [1.54, 1.807) is 16.9 Å². The molecule has 0 bridgehead atoms. The van der Waals surface area contributed by atoms with Crippen molar-refractivity contribution in [2.24, 2.45) is 16.7 Å². The molecule has 7 rings (SSSR count). The quantitative estimate of drug-likeness (QED) is 0.242. The van der Waals surface area contributed by atoms with Gasteiger partial charge in [-0.3, -0.25) is 9.58 Å². The first kappa shape index (κ1) is 35.3. The molecule has 2 N–H and O–H groups in total. The minimum absolute atomic E-state index is 0.0908. The number of halogens is 5. The normalized spacial score (nSPS) is 22.4. The Kier molecular flexibility index (Phi) is 9.57. The van der Waals surface area contributed by atoms with Crippen molar-refractivity contribution in [1.82, 2.24) is 44.9 Å². The van der Waals surface area contributed by atoms with Crippen LogP contribution in [-0.2, 0) is 13.1 Å². The number of rotatable bonds is 8. The van der Waals surface area contributed by atoms with Gasteiger partial charge in [0.05, 0.1) is 46.1 Å². The molecule has 1 unspecified atom stereocenters. The predicted molar refractivity (Wildman–Crippen MR) is 177 cm³/mol. The Hall–Kier alpha value is -3.55. The molecule has 2 aliphatic carbocycles. The van der Waals surface area contributed by atoms with E-state index in [0.717, 1.165) is 17.9 Å². The Balaban J connectivity index is 0.000000531. The van der Waals surface area contributed by atoms with Gasteiger partial charge in [0.1, 0.15) is 0 Å². The average molecular weight is 690 g/mol. The number of likely N-dealkylation sites (tertiary alicyclic amines) is 1. The lowest BCUT2D eigenvalue weighted by Gasteiger charge is -2.63. The van der Waals surface area contributed by atoms with Crippen LogP contribution in [0.1, 0.15) is 100 Å². The summed E-state index contributed by atoms with van der Waals surface area (Å²) in [6.07, 6.45) is 3.80. The van der Waals surface area contributed by atoms with Crippen LogP contribution in [0.3, 0.4) is 0 Å². The number of piperidine rings is 1. The van der Waals surface area contributed by atoms with E-state index in [1.165, 1.54) is 31.9 Å². The number of aryl methyl sites for hydroxylation is 2. The van der Waals surface area contributed by atoms with Crippen LogP contribution in [0.5, 0.6) is 0 Å². The van der Waals surface area contributed by atoms with Crippen LogP contribution in [0.15, 0.2) is 37.3 Å². The van der Waals surface area contributed by atoms with E-state index in [9.17, 15) is 22.0 Å². The fourth-order valence-electron chi connectivity index (χ4n) is 8.25. The third kappa shape index (κ3) is 7.48. The van der Waals surface area contributed by atoms with Gasteiger partial charge in [-0.25, -0.2) is 23.3 Å². The summed E-state index contributed by atoms with van der Waals surface area (Å²) in [5.74, 6) is -2.36. The first-order valence-corrected chi connectivity index (χ1v) is 17.4. The van der Waals surface area contributed by atoms with E-state index >= 15 is 0 Å². The molecular weight excluding hydrogens is 641 g/mol. The highest BCUT2D eigenvalue weighted by Gasteiger charge is 2.67. The van der Waals surface area contributed by atoms with E-state index in [4.69, 9.17) is 9.97 Å². The molecule has 0 amide bonds. The van der Waals surface area contributed by atoms with Crippen molar-refractivity contribution in [1.29, 1.82) is 0 Å². The van der Waals surface area contributed by atoms with Crippen LogP contribution < -0.4 is 10.6 Å². The molecular formula is C35H48F5N9. The lowest BCUT2D eigenvalue weighted by molar-refractivity contribution is -0.294. The number of allylic oxidation sites excluding steroid dienone is 1. The smallest absolute Gasteiger partial charge is 0.389 e. The SMILES string of the molecule is C=C(NC(c1cn2nc(C)c(CN3CC4(C3)CC(C)(C(F)(F)F)C4)nc2n1)C1CCC(F)(F)CC1)c1ccnn1CC.C=C1CCCCN1. The van der Waals surface area contributed by atoms with Crippen molar-refractivity contribution in [3.63, 3.8) is 0 Å². The van der Waals surface area contributed by atoms with Gasteiger partial charge in [0.15, 0.2) is 0 Å². The molecule has 4 aliphatic rings. The first-order valence-electron chi connectivity index (χ1n) is 17.4. The summed E-state index contributed by atoms with van der Waals surface area (Å²) in [5.41, 5.74) is 2.90. The van der Waals surface area contributed by atoms with Gasteiger partial charge in [-0.05, 0) is 76.2 Å². The van der Waals surface area contributed by atoms with Crippen molar-refractivity contribution in [2.45, 2.75) is 110 Å². The minimum atomic E-state index is -4.17. The number of hydrogen-bond acceptors (Lipinski definition) is 7. The summed E-state index contributed by atoms with van der Waals surface area (Å²) in [7, 11) is 0. The second-order valence-corrected chi connectivity index (χ2v) is 14.9. The second-order valence-electron chi connectivity index (χ2n) is 14.9. The summed E-state index contributed by atoms with van der Waals surface area (Å²) in [5, 5.41) is 15.6. The second kappa shape index (κ2) is 13.3. The monoisotopic (exact) mass is 689 g/mol. The number of imidazole rings is 1. The number of nitrogens with one attached hydrogen (secondary N) is 2. The Morgan fingerprint density at radius 1 is 1.14 bits per heavy atom. The fraction of sp³-hybridized carbons (Fsp3) is 0.657. The van der Waals surface area contributed by atoms with Gasteiger partial charge in [0.25, 0.3) is 5.78 Å². The first-order chi connectivity index (χ1) is 23.1. The van der Waals surface area contributed by atoms with Crippen LogP contribution >= 0.6 is 0 Å². The Labute approximate surface area is 284 Å². The maximum Gasteiger partial charge on any atom is 0.394 e. The summed E-state index contributed by atoms with van der Waals surface area (Å²) in [4.78, 5) is 11.7. The summed E-state index contributed by atoms with van der Waals surface area (Å²) in [6, 6.07) is 1.48. The largest absolute Gasteiger partial charge is 0.394 e. The van der Waals surface area contributed by atoms with Crippen molar-refractivity contribution in [3.8, 4) is 0 Å². The Bertz CT molecular complexity index is 1640. The van der Waals surface area contributed by atoms with E-state index < -0.39 is 17.5 Å². The molecule has 3 aromatic heterocycles. The maximum absolute atomic E-state index is 14.0. The third-order valence-electron chi connectivity index (χ3n) is 10.8. The molecule has 9 nitrogen and oxygen atoms in total. The number of aromatic nitrogens is 6. The number of nitrogens with zero attached hydrogens (tertiary/aromatic N) is 7. The number of alkyl halides is 5. The lowest BCUT2D eigenvalue weighted by Crippen LogP contribution is -2.67. The summed E-state index contributed by atoms with van der Waals surface area (Å²) in [6.45, 7) is 16.7. The van der Waals surface area contributed by atoms with Gasteiger partial charge in [0, 0.05) is 57.5 Å². The molecule has 49 heavy (non-hydrogen) atoms. The molecule has 268 valence electrons. The minimum Gasteiger partial charge on any atom is -0.389 e. The summed E-state index contributed by atoms with van der Waals surface area (Å²) >= 11 is 0. The molecule has 2 saturated carbocycles. The molecule has 0 aromatic carbocycles. The molecule has 1 atom stereocenters. The lowest BCUT2D eigenvalue weighted by atomic mass is 9.50. The number of fused-ring (bicyclic) bond motifs is 1. The van der Waals surface area contributed by atoms with Crippen molar-refractivity contribution < 1.29 is 22.0 Å². The topological polar surface area (TPSA) is 88.2 Å². The van der Waals surface area contributed by atoms with E-state index in [0.29, 0.717) is 61.9 Å². The average Bonchev–Trinajstić information content (AvgIpc) is 3.65. The van der Waals surface area contributed by atoms with Crippen LogP contribution in [0.4, 0.5) is 22.0 Å². The highest BCUT2D eigenvalue weighted by Crippen LogP contribution is 2.64. The molecule has 3 aromatic rings. The van der Waals surface area contributed by atoms with Crippen LogP contribution in [-0.4, -0.2) is 66.0 Å². The standard InChI is InChI=1S/C29H37F5N8.C6H11N/c1-5-41-23(8-11-35-41)19(3)36-24(20-6-9-28(30,31)10-7-20)22-13-42-25(38-22)37-21(18(2)39-42)12-40-16-27(17-40)14-26(4,15-27)29(32,33)34;1-6-4-2-3-5-7-6/h8,11,13,20,24,36H,3,5-7,9-10,12,14-17H2,1-2,4H3;7H,1-5H2. The van der Waals surface area contributed by atoms with Gasteiger partial charge in [-0.15, -0.1) is 0 Å². The zero-order chi connectivity index (χ0) is 35.2.